The molecule has 0 unspecified atom stereocenters. The number of aromatic nitrogens is 3. The van der Waals surface area contributed by atoms with Gasteiger partial charge in [0.15, 0.2) is 0 Å². The first kappa shape index (κ1) is 13.5. The Hall–Kier alpha value is -1.92. The summed E-state index contributed by atoms with van der Waals surface area (Å²) in [4.78, 5) is 11.7. The Morgan fingerprint density at radius 2 is 2.32 bits per heavy atom. The van der Waals surface area contributed by atoms with Crippen LogP contribution in [0.25, 0.3) is 0 Å². The number of rotatable bonds is 5. The Labute approximate surface area is 115 Å². The minimum atomic E-state index is -0.135. The lowest BCUT2D eigenvalue weighted by atomic mass is 10.3. The minimum Gasteiger partial charge on any atom is -0.325 e. The van der Waals surface area contributed by atoms with Crippen LogP contribution in [-0.4, -0.2) is 27.2 Å². The number of aryl methyl sites for hydroxylation is 1. The molecule has 1 heterocycles. The molecule has 19 heavy (non-hydrogen) atoms. The van der Waals surface area contributed by atoms with E-state index in [4.69, 9.17) is 11.6 Å². The van der Waals surface area contributed by atoms with Crippen LogP contribution in [0.5, 0.6) is 0 Å². The highest BCUT2D eigenvalue weighted by atomic mass is 35.5. The molecule has 0 saturated carbocycles. The Morgan fingerprint density at radius 1 is 1.47 bits per heavy atom. The molecule has 0 fully saturated rings. The lowest BCUT2D eigenvalue weighted by molar-refractivity contribution is -0.115. The molecule has 0 aliphatic rings. The normalized spacial score (nSPS) is 10.4. The third kappa shape index (κ3) is 4.04. The van der Waals surface area contributed by atoms with Crippen LogP contribution in [0.1, 0.15) is 5.82 Å². The second kappa shape index (κ2) is 6.31. The van der Waals surface area contributed by atoms with Crippen molar-refractivity contribution in [1.29, 1.82) is 0 Å². The van der Waals surface area contributed by atoms with Gasteiger partial charge in [0, 0.05) is 17.8 Å². The highest BCUT2D eigenvalue weighted by molar-refractivity contribution is 6.30. The third-order valence-corrected chi connectivity index (χ3v) is 2.72. The van der Waals surface area contributed by atoms with Gasteiger partial charge in [-0.2, -0.15) is 0 Å². The molecule has 0 bridgehead atoms. The van der Waals surface area contributed by atoms with Crippen molar-refractivity contribution in [2.24, 2.45) is 7.05 Å². The molecule has 1 amide bonds. The molecule has 0 spiro atoms. The van der Waals surface area contributed by atoms with Crippen molar-refractivity contribution in [3.63, 3.8) is 0 Å². The minimum absolute atomic E-state index is 0.135. The predicted molar refractivity (Wildman–Crippen MR) is 72.8 cm³/mol. The Balaban J connectivity index is 1.77. The van der Waals surface area contributed by atoms with Crippen LogP contribution in [0.3, 0.4) is 0 Å². The number of carbonyl (C=O) groups is 1. The summed E-state index contributed by atoms with van der Waals surface area (Å²) in [5, 5.41) is 14.0. The average Bonchev–Trinajstić information content (AvgIpc) is 2.75. The molecule has 0 radical (unpaired) electrons. The van der Waals surface area contributed by atoms with Crippen molar-refractivity contribution in [3.05, 3.63) is 41.4 Å². The first-order chi connectivity index (χ1) is 9.15. The molecule has 2 N–H and O–H groups in total. The smallest absolute Gasteiger partial charge is 0.238 e. The van der Waals surface area contributed by atoms with Gasteiger partial charge in [0.1, 0.15) is 12.2 Å². The molecule has 2 rings (SSSR count). The fourth-order valence-corrected chi connectivity index (χ4v) is 1.72. The van der Waals surface area contributed by atoms with Crippen molar-refractivity contribution in [1.82, 2.24) is 20.1 Å². The van der Waals surface area contributed by atoms with Gasteiger partial charge in [-0.05, 0) is 18.2 Å². The van der Waals surface area contributed by atoms with Crippen LogP contribution >= 0.6 is 11.6 Å². The van der Waals surface area contributed by atoms with Crippen molar-refractivity contribution in [3.8, 4) is 0 Å². The molecule has 0 atom stereocenters. The van der Waals surface area contributed by atoms with Gasteiger partial charge in [-0.25, -0.2) is 0 Å². The molecule has 0 aliphatic heterocycles. The van der Waals surface area contributed by atoms with Gasteiger partial charge >= 0.3 is 0 Å². The van der Waals surface area contributed by atoms with E-state index >= 15 is 0 Å². The number of amides is 1. The summed E-state index contributed by atoms with van der Waals surface area (Å²) in [6.07, 6.45) is 1.61. The number of carbonyl (C=O) groups excluding carboxylic acids is 1. The molecule has 100 valence electrons. The zero-order valence-corrected chi connectivity index (χ0v) is 11.2. The standard InChI is InChI=1S/C12H14ClN5O/c1-18-8-15-17-11(18)6-14-7-12(19)16-10-4-2-3-9(13)5-10/h2-5,8,14H,6-7H2,1H3,(H,16,19). The van der Waals surface area contributed by atoms with Crippen molar-refractivity contribution in [2.45, 2.75) is 6.54 Å². The number of nitrogens with zero attached hydrogens (tertiary/aromatic N) is 3. The maximum atomic E-state index is 11.7. The fraction of sp³-hybridized carbons (Fsp3) is 0.250. The van der Waals surface area contributed by atoms with E-state index in [0.29, 0.717) is 17.3 Å². The van der Waals surface area contributed by atoms with Crippen LogP contribution < -0.4 is 10.6 Å². The molecular weight excluding hydrogens is 266 g/mol. The Morgan fingerprint density at radius 3 is 3.00 bits per heavy atom. The first-order valence-electron chi connectivity index (χ1n) is 5.74. The zero-order valence-electron chi connectivity index (χ0n) is 10.4. The predicted octanol–water partition coefficient (Wildman–Crippen LogP) is 1.20. The highest BCUT2D eigenvalue weighted by Crippen LogP contribution is 2.14. The van der Waals surface area contributed by atoms with Crippen molar-refractivity contribution < 1.29 is 4.79 Å². The van der Waals surface area contributed by atoms with E-state index in [1.807, 2.05) is 7.05 Å². The maximum Gasteiger partial charge on any atom is 0.238 e. The van der Waals surface area contributed by atoms with E-state index in [2.05, 4.69) is 20.8 Å². The monoisotopic (exact) mass is 279 g/mol. The molecule has 2 aromatic rings. The van der Waals surface area contributed by atoms with E-state index in [1.165, 1.54) is 0 Å². The number of halogens is 1. The van der Waals surface area contributed by atoms with Gasteiger partial charge in [-0.1, -0.05) is 17.7 Å². The second-order valence-corrected chi connectivity index (χ2v) is 4.46. The Kier molecular flexibility index (Phi) is 4.48. The van der Waals surface area contributed by atoms with Crippen LogP contribution in [-0.2, 0) is 18.4 Å². The van der Waals surface area contributed by atoms with Gasteiger partial charge in [-0.3, -0.25) is 4.79 Å². The fourth-order valence-electron chi connectivity index (χ4n) is 1.53. The summed E-state index contributed by atoms with van der Waals surface area (Å²) in [5.74, 6) is 0.639. The number of nitrogens with one attached hydrogen (secondary N) is 2. The summed E-state index contributed by atoms with van der Waals surface area (Å²) in [6, 6.07) is 7.02. The van der Waals surface area contributed by atoms with Crippen LogP contribution in [0, 0.1) is 0 Å². The molecule has 0 aliphatic carbocycles. The van der Waals surface area contributed by atoms with Crippen LogP contribution in [0.15, 0.2) is 30.6 Å². The summed E-state index contributed by atoms with van der Waals surface area (Å²) in [5.41, 5.74) is 0.679. The largest absolute Gasteiger partial charge is 0.325 e. The molecule has 6 nitrogen and oxygen atoms in total. The molecule has 1 aromatic heterocycles. The topological polar surface area (TPSA) is 71.8 Å². The molecular formula is C12H14ClN5O. The molecule has 1 aromatic carbocycles. The second-order valence-electron chi connectivity index (χ2n) is 4.02. The quantitative estimate of drug-likeness (QED) is 0.863. The van der Waals surface area contributed by atoms with Gasteiger partial charge < -0.3 is 15.2 Å². The maximum absolute atomic E-state index is 11.7. The van der Waals surface area contributed by atoms with Gasteiger partial charge in [0.2, 0.25) is 5.91 Å². The van der Waals surface area contributed by atoms with Gasteiger partial charge in [-0.15, -0.1) is 10.2 Å². The Bertz CT molecular complexity index is 569. The molecule has 0 saturated heterocycles. The summed E-state index contributed by atoms with van der Waals surface area (Å²) >= 11 is 5.83. The zero-order chi connectivity index (χ0) is 13.7. The number of benzene rings is 1. The van der Waals surface area contributed by atoms with E-state index < -0.39 is 0 Å². The van der Waals surface area contributed by atoms with E-state index in [1.54, 1.807) is 35.2 Å². The van der Waals surface area contributed by atoms with Crippen molar-refractivity contribution >= 4 is 23.2 Å². The van der Waals surface area contributed by atoms with Crippen LogP contribution in [0.4, 0.5) is 5.69 Å². The van der Waals surface area contributed by atoms with Crippen molar-refractivity contribution in [2.75, 3.05) is 11.9 Å². The third-order valence-electron chi connectivity index (χ3n) is 2.48. The lowest BCUT2D eigenvalue weighted by Gasteiger charge is -2.06. The number of anilines is 1. The highest BCUT2D eigenvalue weighted by Gasteiger charge is 2.04. The number of hydrogen-bond acceptors (Lipinski definition) is 4. The first-order valence-corrected chi connectivity index (χ1v) is 6.12. The van der Waals surface area contributed by atoms with E-state index in [-0.39, 0.29) is 12.5 Å². The van der Waals surface area contributed by atoms with E-state index in [0.717, 1.165) is 5.82 Å². The summed E-state index contributed by atoms with van der Waals surface area (Å²) in [7, 11) is 1.85. The lowest BCUT2D eigenvalue weighted by Crippen LogP contribution is -2.28. The average molecular weight is 280 g/mol. The number of hydrogen-bond donors (Lipinski definition) is 2. The van der Waals surface area contributed by atoms with Gasteiger partial charge in [0.05, 0.1) is 13.1 Å². The molecule has 7 heteroatoms. The van der Waals surface area contributed by atoms with Gasteiger partial charge in [0.25, 0.3) is 0 Å². The SMILES string of the molecule is Cn1cnnc1CNCC(=O)Nc1cccc(Cl)c1. The van der Waals surface area contributed by atoms with Crippen LogP contribution in [0.2, 0.25) is 5.02 Å². The summed E-state index contributed by atoms with van der Waals surface area (Å²) in [6.45, 7) is 0.679. The summed E-state index contributed by atoms with van der Waals surface area (Å²) < 4.78 is 1.79. The van der Waals surface area contributed by atoms with E-state index in [9.17, 15) is 4.79 Å².